The Morgan fingerprint density at radius 1 is 1.00 bits per heavy atom. The highest BCUT2D eigenvalue weighted by Gasteiger charge is 2.48. The lowest BCUT2D eigenvalue weighted by Crippen LogP contribution is -2.48. The number of H-pyrrole nitrogens is 1. The van der Waals surface area contributed by atoms with Crippen molar-refractivity contribution in [2.45, 2.75) is 44.2 Å². The average Bonchev–Trinajstić information content (AvgIpc) is 3.31. The summed E-state index contributed by atoms with van der Waals surface area (Å²) < 4.78 is 1.77. The summed E-state index contributed by atoms with van der Waals surface area (Å²) in [6, 6.07) is 16.8. The minimum Gasteiger partial charge on any atom is -0.341 e. The second-order valence-corrected chi connectivity index (χ2v) is 9.57. The fourth-order valence-corrected chi connectivity index (χ4v) is 5.14. The van der Waals surface area contributed by atoms with Crippen molar-refractivity contribution in [3.05, 3.63) is 70.6 Å². The monoisotopic (exact) mass is 475 g/mol. The standard InChI is InChI=1S/C26H29N5O4/c1-26(14-11-18-7-3-2-4-8-18)23(33)30(25(35)28-26)17-22(32)29-15-12-19(13-16-29)31-21-10-6-5-9-20(21)27-24(31)34/h2-10,19H,11-17H2,1H3,(H,27,34)(H,28,35). The van der Waals surface area contributed by atoms with Crippen LogP contribution in [0.15, 0.2) is 59.4 Å². The number of fused-ring (bicyclic) bond motifs is 1. The summed E-state index contributed by atoms with van der Waals surface area (Å²) in [6.45, 7) is 2.36. The summed E-state index contributed by atoms with van der Waals surface area (Å²) in [6.07, 6.45) is 2.35. The first-order valence-electron chi connectivity index (χ1n) is 12.0. The Labute approximate surface area is 202 Å². The third kappa shape index (κ3) is 4.34. The molecule has 0 saturated carbocycles. The number of para-hydroxylation sites is 2. The number of hydrogen-bond donors (Lipinski definition) is 2. The van der Waals surface area contributed by atoms with E-state index in [9.17, 15) is 19.2 Å². The Morgan fingerprint density at radius 2 is 1.69 bits per heavy atom. The van der Waals surface area contributed by atoms with Crippen LogP contribution in [0.4, 0.5) is 4.79 Å². The van der Waals surface area contributed by atoms with E-state index in [2.05, 4.69) is 10.3 Å². The molecule has 2 N–H and O–H groups in total. The molecule has 182 valence electrons. The van der Waals surface area contributed by atoms with Crippen molar-refractivity contribution in [2.75, 3.05) is 19.6 Å². The average molecular weight is 476 g/mol. The van der Waals surface area contributed by atoms with E-state index in [0.717, 1.165) is 21.5 Å². The van der Waals surface area contributed by atoms with Gasteiger partial charge >= 0.3 is 11.7 Å². The number of likely N-dealkylation sites (tertiary alicyclic amines) is 1. The van der Waals surface area contributed by atoms with Gasteiger partial charge in [-0.1, -0.05) is 42.5 Å². The molecule has 2 fully saturated rings. The van der Waals surface area contributed by atoms with Crippen LogP contribution in [0.2, 0.25) is 0 Å². The molecule has 35 heavy (non-hydrogen) atoms. The normalized spacial score (nSPS) is 21.1. The van der Waals surface area contributed by atoms with Crippen LogP contribution in [0.25, 0.3) is 11.0 Å². The number of aromatic amines is 1. The first kappa shape index (κ1) is 22.9. The third-order valence-electron chi connectivity index (χ3n) is 7.20. The molecule has 1 aromatic heterocycles. The zero-order valence-corrected chi connectivity index (χ0v) is 19.7. The predicted octanol–water partition coefficient (Wildman–Crippen LogP) is 2.44. The van der Waals surface area contributed by atoms with Gasteiger partial charge in [-0.2, -0.15) is 0 Å². The molecule has 0 radical (unpaired) electrons. The molecule has 4 amide bonds. The third-order valence-corrected chi connectivity index (χ3v) is 7.20. The summed E-state index contributed by atoms with van der Waals surface area (Å²) in [5, 5.41) is 2.78. The minimum absolute atomic E-state index is 0.0132. The van der Waals surface area contributed by atoms with E-state index in [1.165, 1.54) is 0 Å². The van der Waals surface area contributed by atoms with Gasteiger partial charge in [0.25, 0.3) is 5.91 Å². The van der Waals surface area contributed by atoms with E-state index >= 15 is 0 Å². The lowest BCUT2D eigenvalue weighted by atomic mass is 9.93. The summed E-state index contributed by atoms with van der Waals surface area (Å²) in [5.74, 6) is -0.627. The SMILES string of the molecule is CC1(CCc2ccccc2)NC(=O)N(CC(=O)N2CCC(n3c(=O)[nH]c4ccccc43)CC2)C1=O. The molecule has 9 nitrogen and oxygen atoms in total. The second kappa shape index (κ2) is 9.05. The molecule has 3 aromatic rings. The lowest BCUT2D eigenvalue weighted by molar-refractivity contribution is -0.139. The number of nitrogens with zero attached hydrogens (tertiary/aromatic N) is 3. The number of piperidine rings is 1. The van der Waals surface area contributed by atoms with Crippen LogP contribution in [0.5, 0.6) is 0 Å². The van der Waals surface area contributed by atoms with Crippen molar-refractivity contribution in [3.8, 4) is 0 Å². The van der Waals surface area contributed by atoms with E-state index in [0.29, 0.717) is 38.8 Å². The Hall–Kier alpha value is -3.88. The van der Waals surface area contributed by atoms with Gasteiger partial charge in [0.1, 0.15) is 12.1 Å². The topological polar surface area (TPSA) is 108 Å². The van der Waals surface area contributed by atoms with Crippen molar-refractivity contribution in [1.29, 1.82) is 0 Å². The predicted molar refractivity (Wildman–Crippen MR) is 131 cm³/mol. The Balaban J connectivity index is 1.19. The molecule has 0 spiro atoms. The number of imide groups is 1. The van der Waals surface area contributed by atoms with Gasteiger partial charge in [-0.05, 0) is 50.3 Å². The van der Waals surface area contributed by atoms with Crippen molar-refractivity contribution in [2.24, 2.45) is 0 Å². The van der Waals surface area contributed by atoms with E-state index in [-0.39, 0.29) is 30.1 Å². The molecule has 1 atom stereocenters. The fourth-order valence-electron chi connectivity index (χ4n) is 5.14. The smallest absolute Gasteiger partial charge is 0.326 e. The number of aryl methyl sites for hydroxylation is 1. The van der Waals surface area contributed by atoms with Crippen molar-refractivity contribution >= 4 is 28.9 Å². The van der Waals surface area contributed by atoms with E-state index in [1.54, 1.807) is 16.4 Å². The van der Waals surface area contributed by atoms with Crippen LogP contribution >= 0.6 is 0 Å². The summed E-state index contributed by atoms with van der Waals surface area (Å²) in [4.78, 5) is 56.7. The molecule has 2 aromatic carbocycles. The van der Waals surface area contributed by atoms with Crippen LogP contribution < -0.4 is 11.0 Å². The highest BCUT2D eigenvalue weighted by atomic mass is 16.2. The van der Waals surface area contributed by atoms with Gasteiger partial charge in [0.05, 0.1) is 11.0 Å². The van der Waals surface area contributed by atoms with Gasteiger partial charge in [-0.15, -0.1) is 0 Å². The van der Waals surface area contributed by atoms with Crippen molar-refractivity contribution in [3.63, 3.8) is 0 Å². The molecule has 0 bridgehead atoms. The number of amides is 4. The molecule has 2 aliphatic heterocycles. The number of hydrogen-bond acceptors (Lipinski definition) is 4. The minimum atomic E-state index is -1.03. The molecule has 2 aliphatic rings. The lowest BCUT2D eigenvalue weighted by Gasteiger charge is -2.33. The molecular weight excluding hydrogens is 446 g/mol. The van der Waals surface area contributed by atoms with Crippen molar-refractivity contribution < 1.29 is 14.4 Å². The maximum absolute atomic E-state index is 13.1. The number of rotatable bonds is 6. The summed E-state index contributed by atoms with van der Waals surface area (Å²) in [7, 11) is 0. The zero-order chi connectivity index (χ0) is 24.6. The highest BCUT2D eigenvalue weighted by molar-refractivity contribution is 6.08. The van der Waals surface area contributed by atoms with Gasteiger partial charge in [-0.25, -0.2) is 9.59 Å². The van der Waals surface area contributed by atoms with E-state index < -0.39 is 11.6 Å². The second-order valence-electron chi connectivity index (χ2n) is 9.57. The van der Waals surface area contributed by atoms with Crippen LogP contribution in [-0.2, 0) is 16.0 Å². The first-order valence-corrected chi connectivity index (χ1v) is 12.0. The molecule has 2 saturated heterocycles. The molecule has 3 heterocycles. The van der Waals surface area contributed by atoms with Crippen LogP contribution in [0, 0.1) is 0 Å². The number of benzene rings is 2. The maximum Gasteiger partial charge on any atom is 0.326 e. The van der Waals surface area contributed by atoms with Crippen LogP contribution in [-0.4, -0.2) is 62.4 Å². The van der Waals surface area contributed by atoms with Crippen LogP contribution in [0.3, 0.4) is 0 Å². The number of imidazole rings is 1. The Kier molecular flexibility index (Phi) is 5.92. The van der Waals surface area contributed by atoms with Gasteiger partial charge in [0.15, 0.2) is 0 Å². The highest BCUT2D eigenvalue weighted by Crippen LogP contribution is 2.26. The molecule has 9 heteroatoms. The van der Waals surface area contributed by atoms with E-state index in [4.69, 9.17) is 0 Å². The van der Waals surface area contributed by atoms with Gasteiger partial charge in [-0.3, -0.25) is 19.1 Å². The zero-order valence-electron chi connectivity index (χ0n) is 19.7. The maximum atomic E-state index is 13.1. The number of urea groups is 1. The number of aromatic nitrogens is 2. The molecule has 0 aliphatic carbocycles. The fraction of sp³-hybridized carbons (Fsp3) is 0.385. The number of nitrogens with one attached hydrogen (secondary N) is 2. The van der Waals surface area contributed by atoms with E-state index in [1.807, 2.05) is 54.6 Å². The van der Waals surface area contributed by atoms with Gasteiger partial charge in [0.2, 0.25) is 5.91 Å². The van der Waals surface area contributed by atoms with Crippen molar-refractivity contribution in [1.82, 2.24) is 24.7 Å². The summed E-state index contributed by atoms with van der Waals surface area (Å²) >= 11 is 0. The first-order chi connectivity index (χ1) is 16.9. The number of carbonyl (C=O) groups is 3. The quantitative estimate of drug-likeness (QED) is 0.534. The Bertz CT molecular complexity index is 1320. The molecule has 5 rings (SSSR count). The molecule has 1 unspecified atom stereocenters. The number of carbonyl (C=O) groups excluding carboxylic acids is 3. The van der Waals surface area contributed by atoms with Gasteiger partial charge in [0, 0.05) is 19.1 Å². The van der Waals surface area contributed by atoms with Crippen LogP contribution in [0.1, 0.15) is 37.8 Å². The van der Waals surface area contributed by atoms with Gasteiger partial charge < -0.3 is 15.2 Å². The summed E-state index contributed by atoms with van der Waals surface area (Å²) in [5.41, 5.74) is 1.56. The molecular formula is C26H29N5O4. The largest absolute Gasteiger partial charge is 0.341 e. The Morgan fingerprint density at radius 3 is 2.43 bits per heavy atom.